The summed E-state index contributed by atoms with van der Waals surface area (Å²) in [6.07, 6.45) is 3.04. The Hall–Kier alpha value is -2.26. The molecule has 0 aliphatic heterocycles. The largest absolute Gasteiger partial charge is 0.383 e. The second-order valence-corrected chi connectivity index (χ2v) is 4.88. The van der Waals surface area contributed by atoms with Crippen LogP contribution in [-0.4, -0.2) is 41.4 Å². The van der Waals surface area contributed by atoms with Crippen LogP contribution in [0.15, 0.2) is 16.8 Å². The predicted molar refractivity (Wildman–Crippen MR) is 82.7 cm³/mol. The number of hydrogen-bond donors (Lipinski definition) is 3. The molecule has 2 rings (SSSR count). The van der Waals surface area contributed by atoms with Crippen molar-refractivity contribution in [2.75, 3.05) is 31.5 Å². The van der Waals surface area contributed by atoms with Gasteiger partial charge >= 0.3 is 5.69 Å². The van der Waals surface area contributed by atoms with Gasteiger partial charge in [-0.25, -0.2) is 4.63 Å². The molecule has 0 radical (unpaired) electrons. The zero-order valence-corrected chi connectivity index (χ0v) is 12.2. The van der Waals surface area contributed by atoms with E-state index in [4.69, 9.17) is 5.73 Å². The highest BCUT2D eigenvalue weighted by Gasteiger charge is 2.19. The van der Waals surface area contributed by atoms with Crippen LogP contribution >= 0.6 is 0 Å². The summed E-state index contributed by atoms with van der Waals surface area (Å²) in [6, 6.07) is 3.03. The summed E-state index contributed by atoms with van der Waals surface area (Å²) in [4.78, 5) is 10.4. The summed E-state index contributed by atoms with van der Waals surface area (Å²) in [5.74, 6) is 0. The van der Waals surface area contributed by atoms with Crippen molar-refractivity contribution in [1.29, 1.82) is 0 Å². The maximum Gasteiger partial charge on any atom is 0.300 e. The average molecular weight is 308 g/mol. The summed E-state index contributed by atoms with van der Waals surface area (Å²) in [5, 5.41) is 24.7. The normalized spacial score (nSPS) is 11.0. The number of nitrogens with two attached hydrogens (primary N) is 1. The fourth-order valence-electron chi connectivity index (χ4n) is 2.10. The van der Waals surface area contributed by atoms with E-state index >= 15 is 0 Å². The number of nitro groups is 1. The standard InChI is InChI=1S/C13H20N6O3/c14-6-1-2-7-15-8-3-9-16-10-4-5-11(19(20)21)13-12(10)17-22-18-13/h4-5,15-16H,1-3,6-9,14H2. The third-order valence-electron chi connectivity index (χ3n) is 3.24. The minimum Gasteiger partial charge on any atom is -0.383 e. The molecule has 1 aromatic heterocycles. The fraction of sp³-hybridized carbons (Fsp3) is 0.538. The van der Waals surface area contributed by atoms with Crippen LogP contribution in [0.3, 0.4) is 0 Å². The van der Waals surface area contributed by atoms with Crippen LogP contribution in [0.2, 0.25) is 0 Å². The fourth-order valence-corrected chi connectivity index (χ4v) is 2.10. The Labute approximate surface area is 127 Å². The number of anilines is 1. The molecule has 0 spiro atoms. The lowest BCUT2D eigenvalue weighted by molar-refractivity contribution is -0.383. The molecular weight excluding hydrogens is 288 g/mol. The van der Waals surface area contributed by atoms with Gasteiger partial charge in [-0.1, -0.05) is 0 Å². The molecule has 9 nitrogen and oxygen atoms in total. The van der Waals surface area contributed by atoms with Crippen molar-refractivity contribution >= 4 is 22.4 Å². The highest BCUT2D eigenvalue weighted by molar-refractivity contribution is 5.93. The second kappa shape index (κ2) is 8.25. The number of benzene rings is 1. The van der Waals surface area contributed by atoms with E-state index in [1.807, 2.05) is 0 Å². The molecule has 1 aromatic carbocycles. The highest BCUT2D eigenvalue weighted by Crippen LogP contribution is 2.28. The predicted octanol–water partition coefficient (Wildman–Crippen LogP) is 1.26. The van der Waals surface area contributed by atoms with Crippen LogP contribution in [0.1, 0.15) is 19.3 Å². The van der Waals surface area contributed by atoms with Crippen molar-refractivity contribution in [3.63, 3.8) is 0 Å². The number of non-ortho nitro benzene ring substituents is 1. The first-order valence-electron chi connectivity index (χ1n) is 7.28. The molecule has 22 heavy (non-hydrogen) atoms. The first-order chi connectivity index (χ1) is 10.7. The molecule has 4 N–H and O–H groups in total. The Kier molecular flexibility index (Phi) is 6.04. The zero-order chi connectivity index (χ0) is 15.8. The molecule has 0 aliphatic carbocycles. The van der Waals surface area contributed by atoms with Crippen LogP contribution in [0.25, 0.3) is 11.0 Å². The van der Waals surface area contributed by atoms with E-state index in [2.05, 4.69) is 25.6 Å². The molecular formula is C13H20N6O3. The van der Waals surface area contributed by atoms with Crippen LogP contribution in [0.5, 0.6) is 0 Å². The molecule has 2 aromatic rings. The van der Waals surface area contributed by atoms with E-state index in [0.717, 1.165) is 45.4 Å². The van der Waals surface area contributed by atoms with Gasteiger partial charge in [-0.3, -0.25) is 10.1 Å². The van der Waals surface area contributed by atoms with Gasteiger partial charge in [0.15, 0.2) is 5.52 Å². The molecule has 9 heteroatoms. The maximum atomic E-state index is 10.9. The second-order valence-electron chi connectivity index (χ2n) is 4.88. The van der Waals surface area contributed by atoms with Gasteiger partial charge in [-0.05, 0) is 55.3 Å². The van der Waals surface area contributed by atoms with Crippen LogP contribution in [-0.2, 0) is 0 Å². The minimum atomic E-state index is -0.498. The van der Waals surface area contributed by atoms with E-state index in [9.17, 15) is 10.1 Å². The Morgan fingerprint density at radius 1 is 1.14 bits per heavy atom. The molecule has 0 aliphatic rings. The Balaban J connectivity index is 1.81. The number of nitrogens with zero attached hydrogens (tertiary/aromatic N) is 3. The topological polar surface area (TPSA) is 132 Å². The van der Waals surface area contributed by atoms with E-state index in [1.165, 1.54) is 6.07 Å². The number of aromatic nitrogens is 2. The highest BCUT2D eigenvalue weighted by atomic mass is 16.6. The molecule has 0 unspecified atom stereocenters. The van der Waals surface area contributed by atoms with Gasteiger partial charge in [-0.2, -0.15) is 0 Å². The summed E-state index contributed by atoms with van der Waals surface area (Å²) in [7, 11) is 0. The quantitative estimate of drug-likeness (QED) is 0.339. The first-order valence-corrected chi connectivity index (χ1v) is 7.28. The number of rotatable bonds is 10. The smallest absolute Gasteiger partial charge is 0.300 e. The van der Waals surface area contributed by atoms with Crippen LogP contribution in [0.4, 0.5) is 11.4 Å². The summed E-state index contributed by atoms with van der Waals surface area (Å²) in [6.45, 7) is 3.31. The molecule has 0 fully saturated rings. The van der Waals surface area contributed by atoms with E-state index < -0.39 is 4.92 Å². The van der Waals surface area contributed by atoms with Crippen molar-refractivity contribution in [2.45, 2.75) is 19.3 Å². The van der Waals surface area contributed by atoms with Gasteiger partial charge in [0.1, 0.15) is 0 Å². The first kappa shape index (κ1) is 16.1. The molecule has 0 saturated carbocycles. The molecule has 0 saturated heterocycles. The Morgan fingerprint density at radius 3 is 2.68 bits per heavy atom. The molecule has 0 bridgehead atoms. The molecule has 1 heterocycles. The number of hydrogen-bond acceptors (Lipinski definition) is 8. The van der Waals surface area contributed by atoms with Gasteiger partial charge in [-0.15, -0.1) is 0 Å². The number of unbranched alkanes of at least 4 members (excludes halogenated alkanes) is 1. The van der Waals surface area contributed by atoms with Crippen LogP contribution < -0.4 is 16.4 Å². The minimum absolute atomic E-state index is 0.108. The summed E-state index contributed by atoms with van der Waals surface area (Å²) in [5.41, 5.74) is 6.54. The summed E-state index contributed by atoms with van der Waals surface area (Å²) < 4.78 is 4.61. The lowest BCUT2D eigenvalue weighted by Crippen LogP contribution is -2.20. The average Bonchev–Trinajstić information content (AvgIpc) is 2.99. The Morgan fingerprint density at radius 2 is 1.91 bits per heavy atom. The lowest BCUT2D eigenvalue weighted by atomic mass is 10.2. The number of fused-ring (bicyclic) bond motifs is 1. The van der Waals surface area contributed by atoms with Crippen molar-refractivity contribution in [3.05, 3.63) is 22.2 Å². The molecule has 0 atom stereocenters. The molecule has 120 valence electrons. The van der Waals surface area contributed by atoms with E-state index in [1.54, 1.807) is 6.07 Å². The van der Waals surface area contributed by atoms with Crippen molar-refractivity contribution in [2.24, 2.45) is 5.73 Å². The third-order valence-corrected chi connectivity index (χ3v) is 3.24. The van der Waals surface area contributed by atoms with Crippen molar-refractivity contribution < 1.29 is 9.55 Å². The number of nitrogens with one attached hydrogen (secondary N) is 2. The monoisotopic (exact) mass is 308 g/mol. The van der Waals surface area contributed by atoms with Gasteiger partial charge in [0.05, 0.1) is 10.6 Å². The lowest BCUT2D eigenvalue weighted by Gasteiger charge is -2.07. The number of nitro benzene ring substituents is 1. The van der Waals surface area contributed by atoms with Crippen molar-refractivity contribution in [3.8, 4) is 0 Å². The molecule has 0 amide bonds. The zero-order valence-electron chi connectivity index (χ0n) is 12.2. The third kappa shape index (κ3) is 4.12. The van der Waals surface area contributed by atoms with Crippen LogP contribution in [0, 0.1) is 10.1 Å². The Bertz CT molecular complexity index is 615. The van der Waals surface area contributed by atoms with Gasteiger partial charge in [0.2, 0.25) is 5.52 Å². The van der Waals surface area contributed by atoms with Gasteiger partial charge in [0.25, 0.3) is 0 Å². The van der Waals surface area contributed by atoms with Gasteiger partial charge < -0.3 is 16.4 Å². The van der Waals surface area contributed by atoms with Gasteiger partial charge in [0, 0.05) is 12.6 Å². The SMILES string of the molecule is NCCCCNCCCNc1ccc([N+](=O)[O-])c2nonc12. The summed E-state index contributed by atoms with van der Waals surface area (Å²) >= 11 is 0. The van der Waals surface area contributed by atoms with E-state index in [-0.39, 0.29) is 11.2 Å². The van der Waals surface area contributed by atoms with Crippen molar-refractivity contribution in [1.82, 2.24) is 15.6 Å². The maximum absolute atomic E-state index is 10.9. The van der Waals surface area contributed by atoms with E-state index in [0.29, 0.717) is 11.2 Å².